The van der Waals surface area contributed by atoms with E-state index in [9.17, 15) is 0 Å². The molecule has 7 nitrogen and oxygen atoms in total. The number of nitrogens with zero attached hydrogens (tertiary/aromatic N) is 5. The minimum absolute atomic E-state index is 0.639. The van der Waals surface area contributed by atoms with Crippen molar-refractivity contribution in [2.45, 2.75) is 49.5 Å². The van der Waals surface area contributed by atoms with E-state index in [2.05, 4.69) is 41.2 Å². The quantitative estimate of drug-likeness (QED) is 0.383. The predicted molar refractivity (Wildman–Crippen MR) is 125 cm³/mol. The molecule has 1 saturated heterocycles. The van der Waals surface area contributed by atoms with Gasteiger partial charge in [-0.3, -0.25) is 4.90 Å². The molecule has 30 heavy (non-hydrogen) atoms. The normalized spacial score (nSPS) is 15.9. The molecule has 162 valence electrons. The molecule has 0 spiro atoms. The van der Waals surface area contributed by atoms with Crippen LogP contribution in [0.15, 0.2) is 9.37 Å². The molecule has 4 heterocycles. The Morgan fingerprint density at radius 3 is 2.73 bits per heavy atom. The molecule has 0 amide bonds. The number of hydrogen-bond donors (Lipinski definition) is 1. The van der Waals surface area contributed by atoms with Crippen molar-refractivity contribution in [2.75, 3.05) is 38.7 Å². The van der Waals surface area contributed by atoms with Crippen molar-refractivity contribution in [3.63, 3.8) is 0 Å². The first-order chi connectivity index (χ1) is 14.5. The van der Waals surface area contributed by atoms with Crippen LogP contribution in [0.2, 0.25) is 0 Å². The molecule has 0 aliphatic carbocycles. The van der Waals surface area contributed by atoms with Gasteiger partial charge in [0.1, 0.15) is 15.7 Å². The van der Waals surface area contributed by atoms with E-state index in [1.165, 1.54) is 23.3 Å². The van der Waals surface area contributed by atoms with Crippen LogP contribution in [0.3, 0.4) is 0 Å². The van der Waals surface area contributed by atoms with Gasteiger partial charge in [0, 0.05) is 23.9 Å². The number of ether oxygens (including phenoxy) is 1. The lowest BCUT2D eigenvalue weighted by Crippen LogP contribution is -2.32. The lowest BCUT2D eigenvalue weighted by Gasteiger charge is -2.29. The Morgan fingerprint density at radius 1 is 1.17 bits per heavy atom. The van der Waals surface area contributed by atoms with Crippen LogP contribution >= 0.6 is 34.4 Å². The molecule has 0 bridgehead atoms. The van der Waals surface area contributed by atoms with E-state index in [0.717, 1.165) is 62.6 Å². The summed E-state index contributed by atoms with van der Waals surface area (Å²) in [7, 11) is 1.69. The highest BCUT2D eigenvalue weighted by Gasteiger charge is 2.20. The fraction of sp³-hybridized carbons (Fsp3) is 0.600. The van der Waals surface area contributed by atoms with E-state index in [4.69, 9.17) is 14.7 Å². The number of fused-ring (bicyclic) bond motifs is 1. The van der Waals surface area contributed by atoms with Gasteiger partial charge in [0.05, 0.1) is 13.2 Å². The molecule has 4 rings (SSSR count). The topological polar surface area (TPSA) is 76.1 Å². The van der Waals surface area contributed by atoms with E-state index in [1.54, 1.807) is 41.5 Å². The van der Waals surface area contributed by atoms with Gasteiger partial charge in [0.25, 0.3) is 0 Å². The standard InChI is InChI=1S/C20H28N6OS3/c1-12-5-8-26(9-6-12)11-15-22-17-16(13(2)14(3)28-17)18(23-15)29-20-25-24-19(30-20)21-7-10-27-4/h12H,5-11H2,1-4H3,(H,21,24). The Balaban J connectivity index is 1.57. The SMILES string of the molecule is COCCNc1nnc(Sc2nc(CN3CCC(C)CC3)nc3sc(C)c(C)c23)s1. The molecule has 0 atom stereocenters. The number of aromatic nitrogens is 4. The minimum atomic E-state index is 0.639. The summed E-state index contributed by atoms with van der Waals surface area (Å²) in [6.07, 6.45) is 2.51. The first-order valence-corrected chi connectivity index (χ1v) is 12.7. The Labute approximate surface area is 189 Å². The molecule has 10 heteroatoms. The molecule has 0 unspecified atom stereocenters. The van der Waals surface area contributed by atoms with Gasteiger partial charge >= 0.3 is 0 Å². The number of anilines is 1. The molecule has 1 N–H and O–H groups in total. The number of nitrogens with one attached hydrogen (secondary N) is 1. The third kappa shape index (κ3) is 5.11. The number of thiophene rings is 1. The Hall–Kier alpha value is -1.33. The van der Waals surface area contributed by atoms with Crippen molar-refractivity contribution in [3.8, 4) is 0 Å². The van der Waals surface area contributed by atoms with Gasteiger partial charge in [-0.2, -0.15) is 0 Å². The second-order valence-electron chi connectivity index (χ2n) is 7.76. The van der Waals surface area contributed by atoms with Crippen molar-refractivity contribution in [1.82, 2.24) is 25.1 Å². The number of rotatable bonds is 8. The summed E-state index contributed by atoms with van der Waals surface area (Å²) in [5.41, 5.74) is 1.26. The van der Waals surface area contributed by atoms with Crippen molar-refractivity contribution in [2.24, 2.45) is 5.92 Å². The van der Waals surface area contributed by atoms with Crippen LogP contribution in [0.4, 0.5) is 5.13 Å². The fourth-order valence-electron chi connectivity index (χ4n) is 3.48. The van der Waals surface area contributed by atoms with Crippen LogP contribution in [-0.2, 0) is 11.3 Å². The lowest BCUT2D eigenvalue weighted by molar-refractivity contribution is 0.181. The first kappa shape index (κ1) is 21.9. The number of piperidine rings is 1. The van der Waals surface area contributed by atoms with Gasteiger partial charge in [-0.05, 0) is 63.0 Å². The largest absolute Gasteiger partial charge is 0.383 e. The second-order valence-corrected chi connectivity index (χ2v) is 11.2. The average molecular weight is 465 g/mol. The summed E-state index contributed by atoms with van der Waals surface area (Å²) in [6, 6.07) is 0. The molecular formula is C20H28N6OS3. The summed E-state index contributed by atoms with van der Waals surface area (Å²) >= 11 is 4.90. The van der Waals surface area contributed by atoms with E-state index < -0.39 is 0 Å². The zero-order chi connectivity index (χ0) is 21.1. The van der Waals surface area contributed by atoms with Gasteiger partial charge in [-0.25, -0.2) is 9.97 Å². The summed E-state index contributed by atoms with van der Waals surface area (Å²) in [5.74, 6) is 1.73. The number of methoxy groups -OCH3 is 1. The monoisotopic (exact) mass is 464 g/mol. The highest BCUT2D eigenvalue weighted by atomic mass is 32.2. The Kier molecular flexibility index (Phi) is 7.20. The molecule has 0 saturated carbocycles. The molecule has 3 aromatic rings. The minimum Gasteiger partial charge on any atom is -0.383 e. The first-order valence-electron chi connectivity index (χ1n) is 10.3. The van der Waals surface area contributed by atoms with Gasteiger partial charge in [-0.15, -0.1) is 21.5 Å². The van der Waals surface area contributed by atoms with Crippen LogP contribution in [0.25, 0.3) is 10.2 Å². The van der Waals surface area contributed by atoms with Crippen LogP contribution in [0, 0.1) is 19.8 Å². The van der Waals surface area contributed by atoms with Crippen LogP contribution in [-0.4, -0.2) is 58.4 Å². The smallest absolute Gasteiger partial charge is 0.206 e. The van der Waals surface area contributed by atoms with Crippen LogP contribution in [0.1, 0.15) is 36.0 Å². The molecule has 1 fully saturated rings. The zero-order valence-corrected chi connectivity index (χ0v) is 20.3. The summed E-state index contributed by atoms with van der Waals surface area (Å²) < 4.78 is 5.97. The van der Waals surface area contributed by atoms with Crippen molar-refractivity contribution < 1.29 is 4.74 Å². The molecule has 0 aromatic carbocycles. The van der Waals surface area contributed by atoms with Gasteiger partial charge < -0.3 is 10.1 Å². The van der Waals surface area contributed by atoms with Crippen LogP contribution < -0.4 is 5.32 Å². The fourth-order valence-corrected chi connectivity index (χ4v) is 6.49. The average Bonchev–Trinajstić information content (AvgIpc) is 3.28. The molecule has 0 radical (unpaired) electrons. The maximum atomic E-state index is 5.08. The van der Waals surface area contributed by atoms with E-state index >= 15 is 0 Å². The summed E-state index contributed by atoms with van der Waals surface area (Å²) in [4.78, 5) is 14.8. The molecule has 1 aliphatic heterocycles. The lowest BCUT2D eigenvalue weighted by atomic mass is 9.99. The third-order valence-corrected chi connectivity index (χ3v) is 8.48. The summed E-state index contributed by atoms with van der Waals surface area (Å²) in [6.45, 7) is 11.1. The Morgan fingerprint density at radius 2 is 1.97 bits per heavy atom. The predicted octanol–water partition coefficient (Wildman–Crippen LogP) is 4.60. The summed E-state index contributed by atoms with van der Waals surface area (Å²) in [5, 5.41) is 14.8. The van der Waals surface area contributed by atoms with Gasteiger partial charge in [0.15, 0.2) is 4.34 Å². The maximum absolute atomic E-state index is 5.08. The maximum Gasteiger partial charge on any atom is 0.206 e. The molecular weight excluding hydrogens is 436 g/mol. The Bertz CT molecular complexity index is 996. The molecule has 1 aliphatic rings. The third-order valence-electron chi connectivity index (χ3n) is 5.46. The van der Waals surface area contributed by atoms with Crippen molar-refractivity contribution in [3.05, 3.63) is 16.3 Å². The van der Waals surface area contributed by atoms with E-state index in [-0.39, 0.29) is 0 Å². The molecule has 3 aromatic heterocycles. The van der Waals surface area contributed by atoms with Gasteiger partial charge in [0.2, 0.25) is 5.13 Å². The number of likely N-dealkylation sites (tertiary alicyclic amines) is 1. The number of aryl methyl sites for hydroxylation is 2. The highest BCUT2D eigenvalue weighted by Crippen LogP contribution is 2.39. The van der Waals surface area contributed by atoms with Crippen LogP contribution in [0.5, 0.6) is 0 Å². The highest BCUT2D eigenvalue weighted by molar-refractivity contribution is 8.01. The zero-order valence-electron chi connectivity index (χ0n) is 17.9. The van der Waals surface area contributed by atoms with E-state index in [0.29, 0.717) is 6.61 Å². The number of hydrogen-bond acceptors (Lipinski definition) is 10. The van der Waals surface area contributed by atoms with E-state index in [1.807, 2.05) is 0 Å². The van der Waals surface area contributed by atoms with Gasteiger partial charge in [-0.1, -0.05) is 18.3 Å². The van der Waals surface area contributed by atoms with Crippen molar-refractivity contribution in [1.29, 1.82) is 0 Å². The van der Waals surface area contributed by atoms with Crippen molar-refractivity contribution >= 4 is 49.8 Å². The second kappa shape index (κ2) is 9.86.